The molecule has 1 N–H and O–H groups in total. The molecular formula is C24H19BrFN5O. The number of hydrogen-bond donors (Lipinski definition) is 1. The molecule has 2 fully saturated rings. The van der Waals surface area contributed by atoms with Crippen LogP contribution in [0.15, 0.2) is 53.3 Å². The summed E-state index contributed by atoms with van der Waals surface area (Å²) in [4.78, 5) is 32.6. The van der Waals surface area contributed by atoms with E-state index in [1.54, 1.807) is 24.5 Å². The highest BCUT2D eigenvalue weighted by Gasteiger charge is 2.66. The monoisotopic (exact) mass is 491 g/mol. The van der Waals surface area contributed by atoms with E-state index >= 15 is 0 Å². The topological polar surface area (TPSA) is 74.8 Å². The second-order valence-electron chi connectivity index (χ2n) is 8.56. The Morgan fingerprint density at radius 1 is 1.25 bits per heavy atom. The Balaban J connectivity index is 1.43. The number of hydrogen-bond acceptors (Lipinski definition) is 4. The minimum Gasteiger partial charge on any atom is -0.340 e. The third-order valence-corrected chi connectivity index (χ3v) is 7.25. The minimum absolute atomic E-state index is 0.0519. The first-order chi connectivity index (χ1) is 15.5. The van der Waals surface area contributed by atoms with Gasteiger partial charge in [-0.1, -0.05) is 17.7 Å². The third-order valence-electron chi connectivity index (χ3n) is 6.65. The second kappa shape index (κ2) is 6.93. The first-order valence-electron chi connectivity index (χ1n) is 10.5. The van der Waals surface area contributed by atoms with Crippen molar-refractivity contribution in [1.29, 1.82) is 0 Å². The van der Waals surface area contributed by atoms with Gasteiger partial charge in [-0.2, -0.15) is 0 Å². The molecule has 2 aliphatic rings. The molecule has 2 atom stereocenters. The van der Waals surface area contributed by atoms with Crippen LogP contribution in [0.4, 0.5) is 4.39 Å². The maximum absolute atomic E-state index is 14.0. The fourth-order valence-electron chi connectivity index (χ4n) is 5.00. The molecule has 0 radical (unpaired) electrons. The van der Waals surface area contributed by atoms with Crippen LogP contribution in [0, 0.1) is 18.7 Å². The van der Waals surface area contributed by atoms with Gasteiger partial charge >= 0.3 is 0 Å². The summed E-state index contributed by atoms with van der Waals surface area (Å²) in [6, 6.07) is 10.6. The lowest BCUT2D eigenvalue weighted by atomic mass is 10.0. The molecule has 3 heterocycles. The van der Waals surface area contributed by atoms with Gasteiger partial charge in [0.05, 0.1) is 21.1 Å². The van der Waals surface area contributed by atoms with Gasteiger partial charge in [-0.15, -0.1) is 0 Å². The van der Waals surface area contributed by atoms with Crippen LogP contribution in [0.2, 0.25) is 0 Å². The maximum Gasteiger partial charge on any atom is 0.255 e. The summed E-state index contributed by atoms with van der Waals surface area (Å²) in [5.41, 5.74) is 3.15. The number of rotatable bonds is 3. The van der Waals surface area contributed by atoms with E-state index in [0.29, 0.717) is 33.8 Å². The van der Waals surface area contributed by atoms with Crippen LogP contribution in [-0.2, 0) is 5.54 Å². The summed E-state index contributed by atoms with van der Waals surface area (Å²) in [5.74, 6) is 1.20. The standard InChI is InChI=1S/C24H19BrFN5O/c1-13-3-4-15(21-27-6-2-7-28-21)16(9-13)22(32)31-8-5-14-12-24(14,31)23-29-19-10-17(25)18(26)11-20(19)30-23/h2-4,6-7,9-11,14H,5,8,12H2,1H3,(H,29,30)/t14-,24+/m1/s1. The summed E-state index contributed by atoms with van der Waals surface area (Å²) in [6.07, 6.45) is 5.13. The van der Waals surface area contributed by atoms with Crippen molar-refractivity contribution in [2.75, 3.05) is 6.54 Å². The fourth-order valence-corrected chi connectivity index (χ4v) is 5.34. The highest BCUT2D eigenvalue weighted by atomic mass is 79.9. The number of halogens is 2. The van der Waals surface area contributed by atoms with Crippen molar-refractivity contribution in [2.24, 2.45) is 5.92 Å². The van der Waals surface area contributed by atoms with Gasteiger partial charge in [0.2, 0.25) is 0 Å². The number of carbonyl (C=O) groups is 1. The maximum atomic E-state index is 14.0. The van der Waals surface area contributed by atoms with Crippen molar-refractivity contribution >= 4 is 32.9 Å². The lowest BCUT2D eigenvalue weighted by Gasteiger charge is -2.28. The number of aromatic nitrogens is 4. The van der Waals surface area contributed by atoms with Gasteiger partial charge in [-0.05, 0) is 59.8 Å². The Labute approximate surface area is 192 Å². The van der Waals surface area contributed by atoms with Gasteiger partial charge in [-0.25, -0.2) is 19.3 Å². The smallest absolute Gasteiger partial charge is 0.255 e. The van der Waals surface area contributed by atoms with Crippen LogP contribution >= 0.6 is 15.9 Å². The average molecular weight is 492 g/mol. The molecule has 1 saturated heterocycles. The van der Waals surface area contributed by atoms with E-state index in [4.69, 9.17) is 4.98 Å². The molecule has 1 aliphatic heterocycles. The van der Waals surface area contributed by atoms with E-state index in [9.17, 15) is 9.18 Å². The Morgan fingerprint density at radius 3 is 2.84 bits per heavy atom. The molecule has 1 saturated carbocycles. The van der Waals surface area contributed by atoms with Crippen LogP contribution in [0.5, 0.6) is 0 Å². The molecule has 2 aromatic heterocycles. The molecular weight excluding hydrogens is 473 g/mol. The van der Waals surface area contributed by atoms with Crippen LogP contribution < -0.4 is 0 Å². The summed E-state index contributed by atoms with van der Waals surface area (Å²) in [7, 11) is 0. The van der Waals surface area contributed by atoms with E-state index < -0.39 is 5.54 Å². The summed E-state index contributed by atoms with van der Waals surface area (Å²) in [6.45, 7) is 2.62. The zero-order valence-electron chi connectivity index (χ0n) is 17.3. The number of H-pyrrole nitrogens is 1. The van der Waals surface area contributed by atoms with Gasteiger partial charge < -0.3 is 9.88 Å². The van der Waals surface area contributed by atoms with Crippen LogP contribution in [-0.4, -0.2) is 37.3 Å². The highest BCUT2D eigenvalue weighted by molar-refractivity contribution is 9.10. The average Bonchev–Trinajstić information content (AvgIpc) is 3.18. The van der Waals surface area contributed by atoms with Crippen molar-refractivity contribution in [2.45, 2.75) is 25.3 Å². The van der Waals surface area contributed by atoms with Crippen molar-refractivity contribution in [3.05, 3.63) is 76.0 Å². The predicted molar refractivity (Wildman–Crippen MR) is 121 cm³/mol. The van der Waals surface area contributed by atoms with E-state index in [0.717, 1.165) is 35.3 Å². The number of carbonyl (C=O) groups excluding carboxylic acids is 1. The molecule has 2 aromatic carbocycles. The zero-order valence-corrected chi connectivity index (χ0v) is 18.9. The number of benzene rings is 2. The number of amides is 1. The number of imidazole rings is 1. The molecule has 0 spiro atoms. The van der Waals surface area contributed by atoms with Crippen LogP contribution in [0.3, 0.4) is 0 Å². The molecule has 32 heavy (non-hydrogen) atoms. The number of nitrogens with zero attached hydrogens (tertiary/aromatic N) is 4. The number of nitrogens with one attached hydrogen (secondary N) is 1. The summed E-state index contributed by atoms with van der Waals surface area (Å²) in [5, 5.41) is 0. The molecule has 1 amide bonds. The van der Waals surface area contributed by atoms with Gasteiger partial charge in [0.1, 0.15) is 17.2 Å². The molecule has 1 aliphatic carbocycles. The first-order valence-corrected chi connectivity index (χ1v) is 11.3. The van der Waals surface area contributed by atoms with E-state index in [1.165, 1.54) is 6.07 Å². The van der Waals surface area contributed by atoms with Gasteiger partial charge in [-0.3, -0.25) is 4.79 Å². The van der Waals surface area contributed by atoms with Gasteiger partial charge in [0, 0.05) is 30.6 Å². The van der Waals surface area contributed by atoms with Gasteiger partial charge in [0.15, 0.2) is 5.82 Å². The fraction of sp³-hybridized carbons (Fsp3) is 0.250. The summed E-state index contributed by atoms with van der Waals surface area (Å²) >= 11 is 3.24. The van der Waals surface area contributed by atoms with Crippen LogP contribution in [0.25, 0.3) is 22.4 Å². The number of fused-ring (bicyclic) bond motifs is 2. The lowest BCUT2D eigenvalue weighted by Crippen LogP contribution is -2.39. The molecule has 6 rings (SSSR count). The second-order valence-corrected chi connectivity index (χ2v) is 9.42. The number of aryl methyl sites for hydroxylation is 1. The predicted octanol–water partition coefficient (Wildman–Crippen LogP) is 4.99. The number of likely N-dealkylation sites (tertiary alicyclic amines) is 1. The van der Waals surface area contributed by atoms with Crippen LogP contribution in [0.1, 0.15) is 34.6 Å². The first kappa shape index (κ1) is 19.5. The third kappa shape index (κ3) is 2.82. The summed E-state index contributed by atoms with van der Waals surface area (Å²) < 4.78 is 14.4. The SMILES string of the molecule is Cc1ccc(-c2ncccn2)c(C(=O)N2CC[C@@H]3C[C@@]32c2nc3cc(F)c(Br)cc3[nH]2)c1. The normalized spacial score (nSPS) is 21.7. The van der Waals surface area contributed by atoms with Crippen molar-refractivity contribution in [3.8, 4) is 11.4 Å². The van der Waals surface area contributed by atoms with E-state index in [-0.39, 0.29) is 11.7 Å². The van der Waals surface area contributed by atoms with Crippen molar-refractivity contribution in [3.63, 3.8) is 0 Å². The minimum atomic E-state index is -0.475. The Kier molecular flexibility index (Phi) is 4.24. The molecule has 4 aromatic rings. The molecule has 0 unspecified atom stereocenters. The van der Waals surface area contributed by atoms with Crippen molar-refractivity contribution < 1.29 is 9.18 Å². The van der Waals surface area contributed by atoms with Gasteiger partial charge in [0.25, 0.3) is 5.91 Å². The molecule has 6 nitrogen and oxygen atoms in total. The number of aromatic amines is 1. The molecule has 8 heteroatoms. The van der Waals surface area contributed by atoms with E-state index in [2.05, 4.69) is 30.9 Å². The quantitative estimate of drug-likeness (QED) is 0.437. The zero-order chi connectivity index (χ0) is 22.0. The number of piperidine rings is 1. The van der Waals surface area contributed by atoms with E-state index in [1.807, 2.05) is 30.0 Å². The molecule has 0 bridgehead atoms. The highest BCUT2D eigenvalue weighted by Crippen LogP contribution is 2.62. The Morgan fingerprint density at radius 2 is 2.06 bits per heavy atom. The Bertz CT molecular complexity index is 1350. The largest absolute Gasteiger partial charge is 0.340 e. The lowest BCUT2D eigenvalue weighted by molar-refractivity contribution is 0.0681. The van der Waals surface area contributed by atoms with Crippen molar-refractivity contribution in [1.82, 2.24) is 24.8 Å². The Hall–Kier alpha value is -3.13. The molecule has 160 valence electrons.